The van der Waals surface area contributed by atoms with E-state index in [-0.39, 0.29) is 0 Å². The van der Waals surface area contributed by atoms with E-state index in [1.54, 1.807) is 6.20 Å². The van der Waals surface area contributed by atoms with Gasteiger partial charge in [-0.05, 0) is 24.3 Å². The summed E-state index contributed by atoms with van der Waals surface area (Å²) in [6.45, 7) is 3.48. The summed E-state index contributed by atoms with van der Waals surface area (Å²) >= 11 is 0. The number of imidazole rings is 1. The average molecular weight is 281 g/mol. The number of hydrogen-bond acceptors (Lipinski definition) is 5. The number of aromatic amines is 1. The number of nitrogens with zero attached hydrogens (tertiary/aromatic N) is 4. The largest absolute Gasteiger partial charge is 0.378 e. The molecule has 0 bridgehead atoms. The molecule has 2 aromatic heterocycles. The minimum atomic E-state index is 0.692. The molecule has 1 fully saturated rings. The van der Waals surface area contributed by atoms with Crippen LogP contribution in [0.4, 0.5) is 5.69 Å². The molecule has 0 radical (unpaired) electrons. The molecule has 6 nitrogen and oxygen atoms in total. The van der Waals surface area contributed by atoms with Gasteiger partial charge >= 0.3 is 0 Å². The topological polar surface area (TPSA) is 66.9 Å². The van der Waals surface area contributed by atoms with Gasteiger partial charge in [-0.3, -0.25) is 0 Å². The van der Waals surface area contributed by atoms with Crippen molar-refractivity contribution >= 4 is 16.9 Å². The van der Waals surface area contributed by atoms with Gasteiger partial charge in [0, 0.05) is 24.3 Å². The van der Waals surface area contributed by atoms with E-state index in [2.05, 4.69) is 49.1 Å². The quantitative estimate of drug-likeness (QED) is 0.776. The van der Waals surface area contributed by atoms with E-state index in [0.29, 0.717) is 5.65 Å². The molecule has 0 unspecified atom stereocenters. The smallest absolute Gasteiger partial charge is 0.181 e. The van der Waals surface area contributed by atoms with E-state index in [9.17, 15) is 0 Å². The Morgan fingerprint density at radius 2 is 1.90 bits per heavy atom. The van der Waals surface area contributed by atoms with Gasteiger partial charge in [0.15, 0.2) is 5.65 Å². The summed E-state index contributed by atoms with van der Waals surface area (Å²) in [7, 11) is 0. The highest BCUT2D eigenvalue weighted by Gasteiger charge is 2.12. The Morgan fingerprint density at radius 1 is 1.10 bits per heavy atom. The number of aromatic nitrogens is 4. The number of hydrogen-bond donors (Lipinski definition) is 1. The molecular formula is C15H15N5O. The molecule has 3 aromatic rings. The third-order valence-electron chi connectivity index (χ3n) is 3.68. The highest BCUT2D eigenvalue weighted by Crippen LogP contribution is 2.23. The van der Waals surface area contributed by atoms with Gasteiger partial charge in [0.2, 0.25) is 0 Å². The third kappa shape index (κ3) is 2.34. The van der Waals surface area contributed by atoms with Crippen LogP contribution in [0.3, 0.4) is 0 Å². The maximum atomic E-state index is 5.38. The van der Waals surface area contributed by atoms with Gasteiger partial charge in [-0.15, -0.1) is 0 Å². The average Bonchev–Trinajstić information content (AvgIpc) is 3.00. The first-order valence-corrected chi connectivity index (χ1v) is 6.99. The maximum Gasteiger partial charge on any atom is 0.181 e. The minimum Gasteiger partial charge on any atom is -0.378 e. The van der Waals surface area contributed by atoms with Crippen molar-refractivity contribution in [3.05, 3.63) is 36.8 Å². The Morgan fingerprint density at radius 3 is 2.67 bits per heavy atom. The summed E-state index contributed by atoms with van der Waals surface area (Å²) in [4.78, 5) is 18.2. The van der Waals surface area contributed by atoms with Crippen LogP contribution in [0.15, 0.2) is 36.8 Å². The van der Waals surface area contributed by atoms with Gasteiger partial charge in [-0.1, -0.05) is 0 Å². The van der Waals surface area contributed by atoms with Gasteiger partial charge in [0.25, 0.3) is 0 Å². The Bertz CT molecular complexity index is 713. The number of fused-ring (bicyclic) bond motifs is 1. The summed E-state index contributed by atoms with van der Waals surface area (Å²) in [5, 5.41) is 0. The van der Waals surface area contributed by atoms with E-state index in [1.165, 1.54) is 12.0 Å². The fraction of sp³-hybridized carbons (Fsp3) is 0.267. The normalized spacial score (nSPS) is 15.5. The van der Waals surface area contributed by atoms with Crippen molar-refractivity contribution in [3.63, 3.8) is 0 Å². The van der Waals surface area contributed by atoms with Crippen LogP contribution in [0.1, 0.15) is 0 Å². The molecule has 0 aliphatic carbocycles. The molecule has 4 rings (SSSR count). The molecule has 1 aliphatic rings. The predicted molar refractivity (Wildman–Crippen MR) is 80.2 cm³/mol. The lowest BCUT2D eigenvalue weighted by atomic mass is 10.2. The Hall–Kier alpha value is -2.47. The van der Waals surface area contributed by atoms with E-state index in [0.717, 1.165) is 43.2 Å². The molecule has 106 valence electrons. The van der Waals surface area contributed by atoms with Crippen LogP contribution in [-0.4, -0.2) is 46.2 Å². The second-order valence-corrected chi connectivity index (χ2v) is 4.99. The number of anilines is 1. The lowest BCUT2D eigenvalue weighted by Crippen LogP contribution is -2.36. The monoisotopic (exact) mass is 281 g/mol. The fourth-order valence-electron chi connectivity index (χ4n) is 2.55. The SMILES string of the molecule is c1ncc2[nH]c(-c3ccc(N4CCOCC4)cc3)nc2n1. The first-order chi connectivity index (χ1) is 10.4. The lowest BCUT2D eigenvalue weighted by Gasteiger charge is -2.28. The number of H-pyrrole nitrogens is 1. The Kier molecular flexibility index (Phi) is 3.01. The summed E-state index contributed by atoms with van der Waals surface area (Å²) < 4.78 is 5.38. The van der Waals surface area contributed by atoms with Crippen molar-refractivity contribution in [1.82, 2.24) is 19.9 Å². The second kappa shape index (κ2) is 5.14. The van der Waals surface area contributed by atoms with E-state index >= 15 is 0 Å². The highest BCUT2D eigenvalue weighted by atomic mass is 16.5. The summed E-state index contributed by atoms with van der Waals surface area (Å²) in [6, 6.07) is 8.41. The van der Waals surface area contributed by atoms with Crippen molar-refractivity contribution in [1.29, 1.82) is 0 Å². The van der Waals surface area contributed by atoms with Crippen molar-refractivity contribution in [3.8, 4) is 11.4 Å². The maximum absolute atomic E-state index is 5.38. The van der Waals surface area contributed by atoms with Gasteiger partial charge in [-0.2, -0.15) is 0 Å². The Balaban J connectivity index is 1.63. The fourth-order valence-corrected chi connectivity index (χ4v) is 2.55. The first-order valence-electron chi connectivity index (χ1n) is 6.99. The van der Waals surface area contributed by atoms with Crippen LogP contribution in [0, 0.1) is 0 Å². The number of morpholine rings is 1. The van der Waals surface area contributed by atoms with Crippen molar-refractivity contribution < 1.29 is 4.74 Å². The summed E-state index contributed by atoms with van der Waals surface area (Å²) in [5.41, 5.74) is 3.81. The van der Waals surface area contributed by atoms with E-state index in [1.807, 2.05) is 0 Å². The number of ether oxygens (including phenoxy) is 1. The number of nitrogens with one attached hydrogen (secondary N) is 1. The first kappa shape index (κ1) is 12.3. The molecule has 1 aliphatic heterocycles. The van der Waals surface area contributed by atoms with Gasteiger partial charge < -0.3 is 14.6 Å². The van der Waals surface area contributed by atoms with Gasteiger partial charge in [0.1, 0.15) is 17.7 Å². The molecule has 1 saturated heterocycles. The zero-order valence-corrected chi connectivity index (χ0v) is 11.5. The molecule has 0 amide bonds. The molecule has 1 aromatic carbocycles. The minimum absolute atomic E-state index is 0.692. The van der Waals surface area contributed by atoms with Crippen LogP contribution in [0.25, 0.3) is 22.6 Å². The molecule has 1 N–H and O–H groups in total. The van der Waals surface area contributed by atoms with Crippen LogP contribution >= 0.6 is 0 Å². The summed E-state index contributed by atoms with van der Waals surface area (Å²) in [6.07, 6.45) is 3.25. The van der Waals surface area contributed by atoms with Crippen molar-refractivity contribution in [2.24, 2.45) is 0 Å². The highest BCUT2D eigenvalue weighted by molar-refractivity contribution is 5.75. The molecule has 0 spiro atoms. The van der Waals surface area contributed by atoms with Crippen LogP contribution in [0.2, 0.25) is 0 Å². The number of rotatable bonds is 2. The lowest BCUT2D eigenvalue weighted by molar-refractivity contribution is 0.122. The van der Waals surface area contributed by atoms with Crippen molar-refractivity contribution in [2.45, 2.75) is 0 Å². The van der Waals surface area contributed by atoms with Crippen LogP contribution < -0.4 is 4.90 Å². The molecule has 0 atom stereocenters. The van der Waals surface area contributed by atoms with Gasteiger partial charge in [-0.25, -0.2) is 15.0 Å². The predicted octanol–water partition coefficient (Wildman–Crippen LogP) is 1.86. The second-order valence-electron chi connectivity index (χ2n) is 4.99. The molecule has 3 heterocycles. The molecule has 21 heavy (non-hydrogen) atoms. The van der Waals surface area contributed by atoms with Crippen molar-refractivity contribution in [2.75, 3.05) is 31.2 Å². The third-order valence-corrected chi connectivity index (χ3v) is 3.68. The van der Waals surface area contributed by atoms with E-state index in [4.69, 9.17) is 4.74 Å². The van der Waals surface area contributed by atoms with E-state index < -0.39 is 0 Å². The Labute approximate surface area is 121 Å². The standard InChI is InChI=1S/C15H15N5O/c1-3-12(20-5-7-21-8-6-20)4-2-11(1)14-18-13-9-16-10-17-15(13)19-14/h1-4,9-10H,5-8H2,(H,16,17,18,19). The van der Waals surface area contributed by atoms with Gasteiger partial charge in [0.05, 0.1) is 19.4 Å². The van der Waals surface area contributed by atoms with Crippen LogP contribution in [-0.2, 0) is 4.74 Å². The zero-order chi connectivity index (χ0) is 14.1. The summed E-state index contributed by atoms with van der Waals surface area (Å²) in [5.74, 6) is 0.819. The molecule has 6 heteroatoms. The zero-order valence-electron chi connectivity index (χ0n) is 11.5. The molecular weight excluding hydrogens is 266 g/mol. The number of benzene rings is 1. The molecule has 0 saturated carbocycles. The van der Waals surface area contributed by atoms with Crippen LogP contribution in [0.5, 0.6) is 0 Å².